The largest absolute Gasteiger partial charge is 0.328 e. The van der Waals surface area contributed by atoms with Crippen LogP contribution >= 0.6 is 11.7 Å². The van der Waals surface area contributed by atoms with E-state index in [4.69, 9.17) is 0 Å². The zero-order chi connectivity index (χ0) is 17.5. The monoisotopic (exact) mass is 361 g/mol. The van der Waals surface area contributed by atoms with Gasteiger partial charge in [0.05, 0.1) is 11.7 Å². The Labute approximate surface area is 150 Å². The number of nitrogens with one attached hydrogen (secondary N) is 1. The number of rotatable bonds is 3. The van der Waals surface area contributed by atoms with Crippen molar-refractivity contribution in [3.8, 4) is 11.3 Å². The molecule has 0 amide bonds. The topological polar surface area (TPSA) is 102 Å². The summed E-state index contributed by atoms with van der Waals surface area (Å²) in [6.07, 6.45) is 5.63. The van der Waals surface area contributed by atoms with Crippen molar-refractivity contribution in [3.05, 3.63) is 70.7 Å². The highest BCUT2D eigenvalue weighted by atomic mass is 32.1. The van der Waals surface area contributed by atoms with Crippen molar-refractivity contribution in [3.63, 3.8) is 0 Å². The van der Waals surface area contributed by atoms with Crippen LogP contribution in [0.4, 0.5) is 0 Å². The van der Waals surface area contributed by atoms with Crippen LogP contribution in [0.25, 0.3) is 27.9 Å². The first-order chi connectivity index (χ1) is 12.8. The van der Waals surface area contributed by atoms with Gasteiger partial charge in [0.2, 0.25) is 5.56 Å². The summed E-state index contributed by atoms with van der Waals surface area (Å²) in [5.74, 6) is 0.686. The maximum absolute atomic E-state index is 11.3. The van der Waals surface area contributed by atoms with Crippen molar-refractivity contribution in [2.45, 2.75) is 6.42 Å². The van der Waals surface area contributed by atoms with Gasteiger partial charge in [-0.3, -0.25) is 9.78 Å². The molecule has 9 heteroatoms. The Balaban J connectivity index is 1.56. The third-order valence-electron chi connectivity index (χ3n) is 4.04. The van der Waals surface area contributed by atoms with E-state index in [1.54, 1.807) is 29.2 Å². The predicted octanol–water partition coefficient (Wildman–Crippen LogP) is 2.08. The second-order valence-corrected chi connectivity index (χ2v) is 6.31. The number of fused-ring (bicyclic) bond motifs is 2. The minimum atomic E-state index is -0.158. The number of benzene rings is 1. The lowest BCUT2D eigenvalue weighted by molar-refractivity contribution is 0.894. The van der Waals surface area contributed by atoms with Crippen LogP contribution in [0.15, 0.2) is 53.7 Å². The molecule has 26 heavy (non-hydrogen) atoms. The first kappa shape index (κ1) is 14.8. The molecule has 4 aromatic heterocycles. The van der Waals surface area contributed by atoms with Gasteiger partial charge in [0.25, 0.3) is 0 Å². The Hall–Kier alpha value is -3.46. The van der Waals surface area contributed by atoms with E-state index in [2.05, 4.69) is 28.8 Å². The summed E-state index contributed by atoms with van der Waals surface area (Å²) in [6, 6.07) is 9.16. The Morgan fingerprint density at radius 3 is 2.92 bits per heavy atom. The lowest BCUT2D eigenvalue weighted by Crippen LogP contribution is -2.02. The molecule has 0 spiro atoms. The second kappa shape index (κ2) is 5.81. The first-order valence-corrected chi connectivity index (χ1v) is 8.60. The third-order valence-corrected chi connectivity index (χ3v) is 4.59. The lowest BCUT2D eigenvalue weighted by atomic mass is 10.1. The molecule has 0 saturated carbocycles. The molecule has 4 heterocycles. The number of nitrogens with zero attached hydrogens (tertiary/aromatic N) is 6. The van der Waals surface area contributed by atoms with Gasteiger partial charge < -0.3 is 4.98 Å². The van der Waals surface area contributed by atoms with Gasteiger partial charge >= 0.3 is 0 Å². The van der Waals surface area contributed by atoms with E-state index >= 15 is 0 Å². The molecule has 5 aromatic rings. The van der Waals surface area contributed by atoms with Crippen LogP contribution in [0.3, 0.4) is 0 Å². The molecule has 0 aliphatic carbocycles. The van der Waals surface area contributed by atoms with Crippen LogP contribution in [0, 0.1) is 0 Å². The molecule has 0 fully saturated rings. The molecule has 5 rings (SSSR count). The SMILES string of the molecule is O=c1ccc(-c2nccn3nc(Cc4ccc5nsnc5c4)nc23)c[nH]1. The summed E-state index contributed by atoms with van der Waals surface area (Å²) in [4.78, 5) is 23.0. The highest BCUT2D eigenvalue weighted by molar-refractivity contribution is 7.00. The van der Waals surface area contributed by atoms with Crippen molar-refractivity contribution in [2.24, 2.45) is 0 Å². The minimum absolute atomic E-state index is 0.158. The van der Waals surface area contributed by atoms with Crippen LogP contribution in [0.1, 0.15) is 11.4 Å². The molecule has 126 valence electrons. The fourth-order valence-electron chi connectivity index (χ4n) is 2.82. The van der Waals surface area contributed by atoms with E-state index < -0.39 is 0 Å². The van der Waals surface area contributed by atoms with Gasteiger partial charge in [-0.05, 0) is 23.8 Å². The second-order valence-electron chi connectivity index (χ2n) is 5.78. The fourth-order valence-corrected chi connectivity index (χ4v) is 3.34. The summed E-state index contributed by atoms with van der Waals surface area (Å²) >= 11 is 1.20. The highest BCUT2D eigenvalue weighted by Crippen LogP contribution is 2.20. The Kier molecular flexibility index (Phi) is 3.32. The molecule has 8 nitrogen and oxygen atoms in total. The smallest absolute Gasteiger partial charge is 0.247 e. The van der Waals surface area contributed by atoms with E-state index in [1.165, 1.54) is 17.8 Å². The molecule has 0 aliphatic heterocycles. The highest BCUT2D eigenvalue weighted by Gasteiger charge is 2.12. The van der Waals surface area contributed by atoms with Gasteiger partial charge in [-0.15, -0.1) is 0 Å². The zero-order valence-corrected chi connectivity index (χ0v) is 14.1. The number of hydrogen-bond acceptors (Lipinski definition) is 7. The molecule has 0 radical (unpaired) electrons. The molecule has 0 aliphatic rings. The van der Waals surface area contributed by atoms with E-state index in [-0.39, 0.29) is 5.56 Å². The molecule has 0 bridgehead atoms. The minimum Gasteiger partial charge on any atom is -0.328 e. The van der Waals surface area contributed by atoms with Crippen molar-refractivity contribution < 1.29 is 0 Å². The average Bonchev–Trinajstić information content (AvgIpc) is 3.28. The summed E-state index contributed by atoms with van der Waals surface area (Å²) in [7, 11) is 0. The summed E-state index contributed by atoms with van der Waals surface area (Å²) in [5, 5.41) is 4.54. The van der Waals surface area contributed by atoms with E-state index in [0.717, 1.165) is 22.2 Å². The van der Waals surface area contributed by atoms with Crippen LogP contribution in [-0.4, -0.2) is 33.3 Å². The van der Waals surface area contributed by atoms with Gasteiger partial charge in [0, 0.05) is 36.6 Å². The summed E-state index contributed by atoms with van der Waals surface area (Å²) in [5.41, 5.74) is 4.78. The molecule has 1 N–H and O–H groups in total. The fraction of sp³-hybridized carbons (Fsp3) is 0.0588. The predicted molar refractivity (Wildman–Crippen MR) is 97.1 cm³/mol. The van der Waals surface area contributed by atoms with Gasteiger partial charge in [0.1, 0.15) is 16.7 Å². The van der Waals surface area contributed by atoms with Crippen molar-refractivity contribution in [1.29, 1.82) is 0 Å². The average molecular weight is 361 g/mol. The van der Waals surface area contributed by atoms with Crippen LogP contribution < -0.4 is 5.56 Å². The van der Waals surface area contributed by atoms with E-state index in [0.29, 0.717) is 23.6 Å². The van der Waals surface area contributed by atoms with Crippen LogP contribution in [0.2, 0.25) is 0 Å². The van der Waals surface area contributed by atoms with Gasteiger partial charge in [-0.2, -0.15) is 13.8 Å². The van der Waals surface area contributed by atoms with Gasteiger partial charge in [-0.1, -0.05) is 6.07 Å². The first-order valence-electron chi connectivity index (χ1n) is 7.87. The molecular formula is C17H11N7OS. The Morgan fingerprint density at radius 2 is 2.04 bits per heavy atom. The maximum atomic E-state index is 11.3. The maximum Gasteiger partial charge on any atom is 0.247 e. The molecule has 0 unspecified atom stereocenters. The summed E-state index contributed by atoms with van der Waals surface area (Å²) < 4.78 is 10.2. The number of pyridine rings is 1. The molecule has 0 saturated heterocycles. The normalized spacial score (nSPS) is 11.4. The number of aromatic amines is 1. The van der Waals surface area contributed by atoms with Crippen molar-refractivity contribution in [2.75, 3.05) is 0 Å². The number of H-pyrrole nitrogens is 1. The van der Waals surface area contributed by atoms with Crippen LogP contribution in [0.5, 0.6) is 0 Å². The Bertz CT molecular complexity index is 1280. The van der Waals surface area contributed by atoms with Crippen molar-refractivity contribution in [1.82, 2.24) is 33.3 Å². The molecule has 1 aromatic carbocycles. The Morgan fingerprint density at radius 1 is 1.12 bits per heavy atom. The third kappa shape index (κ3) is 2.54. The van der Waals surface area contributed by atoms with Crippen molar-refractivity contribution >= 4 is 28.4 Å². The number of hydrogen-bond donors (Lipinski definition) is 1. The molecular weight excluding hydrogens is 350 g/mol. The van der Waals surface area contributed by atoms with E-state index in [1.807, 2.05) is 18.2 Å². The van der Waals surface area contributed by atoms with Gasteiger partial charge in [-0.25, -0.2) is 9.50 Å². The quantitative estimate of drug-likeness (QED) is 0.528. The molecule has 0 atom stereocenters. The standard InChI is InChI=1S/C17H11N7OS/c25-15-4-2-11(9-19-15)16-17-20-14(21-24(17)6-5-18-16)8-10-1-3-12-13(7-10)23-26-22-12/h1-7,9H,8H2,(H,19,25). The zero-order valence-electron chi connectivity index (χ0n) is 13.3. The summed E-state index contributed by atoms with van der Waals surface area (Å²) in [6.45, 7) is 0. The lowest BCUT2D eigenvalue weighted by Gasteiger charge is -2.00. The van der Waals surface area contributed by atoms with Crippen LogP contribution in [-0.2, 0) is 6.42 Å². The van der Waals surface area contributed by atoms with E-state index in [9.17, 15) is 4.79 Å². The number of aromatic nitrogens is 7. The van der Waals surface area contributed by atoms with Gasteiger partial charge in [0.15, 0.2) is 11.5 Å².